The molecule has 0 aliphatic carbocycles. The number of aromatic amines is 1. The van der Waals surface area contributed by atoms with E-state index in [0.717, 1.165) is 0 Å². The third kappa shape index (κ3) is 13.8. The Morgan fingerprint density at radius 1 is 1.00 bits per heavy atom. The van der Waals surface area contributed by atoms with Gasteiger partial charge < -0.3 is 49.0 Å². The van der Waals surface area contributed by atoms with Gasteiger partial charge in [0.15, 0.2) is 5.96 Å². The van der Waals surface area contributed by atoms with Gasteiger partial charge in [0.05, 0.1) is 12.4 Å². The van der Waals surface area contributed by atoms with E-state index in [2.05, 4.69) is 30.9 Å². The highest BCUT2D eigenvalue weighted by molar-refractivity contribution is 7.98. The number of imidazole rings is 1. The predicted octanol–water partition coefficient (Wildman–Crippen LogP) is -2.25. The zero-order valence-electron chi connectivity index (χ0n) is 22.2. The van der Waals surface area contributed by atoms with Crippen molar-refractivity contribution in [2.24, 2.45) is 27.9 Å². The first-order valence-corrected chi connectivity index (χ1v) is 14.1. The van der Waals surface area contributed by atoms with Crippen LogP contribution in [0, 0.1) is 0 Å². The maximum atomic E-state index is 13.3. The molecule has 13 N–H and O–H groups in total. The van der Waals surface area contributed by atoms with Gasteiger partial charge in [-0.2, -0.15) is 11.8 Å². The van der Waals surface area contributed by atoms with Gasteiger partial charge in [-0.05, 0) is 57.1 Å². The summed E-state index contributed by atoms with van der Waals surface area (Å²) in [5, 5.41) is 17.4. The molecule has 3 amide bonds. The lowest BCUT2D eigenvalue weighted by Gasteiger charge is -2.25. The van der Waals surface area contributed by atoms with Gasteiger partial charge in [0, 0.05) is 24.9 Å². The van der Waals surface area contributed by atoms with E-state index in [0.29, 0.717) is 43.7 Å². The van der Waals surface area contributed by atoms with Gasteiger partial charge in [0.1, 0.15) is 18.1 Å². The van der Waals surface area contributed by atoms with Crippen molar-refractivity contribution < 1.29 is 24.3 Å². The molecule has 4 unspecified atom stereocenters. The molecule has 0 saturated heterocycles. The molecule has 220 valence electrons. The predicted molar refractivity (Wildman–Crippen MR) is 150 cm³/mol. The third-order valence-corrected chi connectivity index (χ3v) is 6.37. The van der Waals surface area contributed by atoms with Gasteiger partial charge >= 0.3 is 5.97 Å². The minimum absolute atomic E-state index is 0.0258. The Bertz CT molecular complexity index is 926. The zero-order valence-corrected chi connectivity index (χ0v) is 23.0. The number of hydrogen-bond donors (Lipinski definition) is 9. The highest BCUT2D eigenvalue weighted by atomic mass is 32.2. The third-order valence-electron chi connectivity index (χ3n) is 5.72. The molecule has 1 aromatic heterocycles. The van der Waals surface area contributed by atoms with Crippen molar-refractivity contribution in [1.29, 1.82) is 0 Å². The van der Waals surface area contributed by atoms with Crippen LogP contribution >= 0.6 is 11.8 Å². The summed E-state index contributed by atoms with van der Waals surface area (Å²) < 4.78 is 0. The number of hydrogen-bond acceptors (Lipinski definition) is 9. The summed E-state index contributed by atoms with van der Waals surface area (Å²) in [6, 6.07) is -4.14. The van der Waals surface area contributed by atoms with Gasteiger partial charge in [-0.1, -0.05) is 0 Å². The Kier molecular flexibility index (Phi) is 16.2. The fourth-order valence-electron chi connectivity index (χ4n) is 3.55. The molecule has 0 radical (unpaired) electrons. The second-order valence-corrected chi connectivity index (χ2v) is 9.91. The molecule has 0 spiro atoms. The van der Waals surface area contributed by atoms with Crippen LogP contribution in [0.1, 0.15) is 44.2 Å². The number of nitrogens with one attached hydrogen (secondary N) is 4. The topological polar surface area (TPSA) is 270 Å². The van der Waals surface area contributed by atoms with Crippen molar-refractivity contribution in [1.82, 2.24) is 25.9 Å². The maximum absolute atomic E-state index is 13.3. The minimum Gasteiger partial charge on any atom is -0.480 e. The van der Waals surface area contributed by atoms with Crippen LogP contribution in [0.4, 0.5) is 0 Å². The van der Waals surface area contributed by atoms with E-state index in [9.17, 15) is 24.3 Å². The number of aliphatic imine (C=N–C) groups is 1. The summed E-state index contributed by atoms with van der Waals surface area (Å²) in [6.07, 6.45) is 7.02. The van der Waals surface area contributed by atoms with E-state index in [-0.39, 0.29) is 31.8 Å². The summed E-state index contributed by atoms with van der Waals surface area (Å²) in [7, 11) is 0. The first kappa shape index (κ1) is 33.7. The van der Waals surface area contributed by atoms with Crippen LogP contribution in [0.25, 0.3) is 0 Å². The number of guanidine groups is 1. The molecule has 0 bridgehead atoms. The number of nitrogens with two attached hydrogens (primary N) is 4. The number of nitrogens with zero attached hydrogens (tertiary/aromatic N) is 2. The van der Waals surface area contributed by atoms with E-state index < -0.39 is 47.9 Å². The van der Waals surface area contributed by atoms with E-state index >= 15 is 0 Å². The number of thioether (sulfide) groups is 1. The van der Waals surface area contributed by atoms with Gasteiger partial charge in [-0.25, -0.2) is 9.78 Å². The van der Waals surface area contributed by atoms with E-state index in [1.165, 1.54) is 12.5 Å². The molecule has 0 aliphatic rings. The fraction of sp³-hybridized carbons (Fsp3) is 0.652. The van der Waals surface area contributed by atoms with Crippen LogP contribution in [0.3, 0.4) is 0 Å². The first-order valence-electron chi connectivity index (χ1n) is 12.7. The Balaban J connectivity index is 3.01. The van der Waals surface area contributed by atoms with Crippen LogP contribution in [0.2, 0.25) is 0 Å². The Morgan fingerprint density at radius 2 is 1.62 bits per heavy atom. The molecule has 1 rings (SSSR count). The van der Waals surface area contributed by atoms with Crippen LogP contribution in [-0.4, -0.2) is 94.0 Å². The highest BCUT2D eigenvalue weighted by Gasteiger charge is 2.30. The van der Waals surface area contributed by atoms with Crippen molar-refractivity contribution in [3.63, 3.8) is 0 Å². The van der Waals surface area contributed by atoms with Crippen molar-refractivity contribution in [3.05, 3.63) is 18.2 Å². The lowest BCUT2D eigenvalue weighted by atomic mass is 10.0. The monoisotopic (exact) mass is 570 g/mol. The fourth-order valence-corrected chi connectivity index (χ4v) is 4.04. The molecule has 16 heteroatoms. The Morgan fingerprint density at radius 3 is 2.15 bits per heavy atom. The maximum Gasteiger partial charge on any atom is 0.326 e. The summed E-state index contributed by atoms with van der Waals surface area (Å²) in [5.74, 6) is -2.45. The molecule has 1 heterocycles. The largest absolute Gasteiger partial charge is 0.480 e. The molecule has 0 saturated carbocycles. The van der Waals surface area contributed by atoms with E-state index in [1.807, 2.05) is 6.26 Å². The molecule has 0 aromatic carbocycles. The first-order chi connectivity index (χ1) is 18.6. The molecule has 39 heavy (non-hydrogen) atoms. The summed E-state index contributed by atoms with van der Waals surface area (Å²) in [4.78, 5) is 61.4. The van der Waals surface area contributed by atoms with Gasteiger partial charge in [0.25, 0.3) is 0 Å². The molecule has 15 nitrogen and oxygen atoms in total. The molecule has 0 fully saturated rings. The number of H-pyrrole nitrogens is 1. The lowest BCUT2D eigenvalue weighted by Crippen LogP contribution is -2.57. The summed E-state index contributed by atoms with van der Waals surface area (Å²) >= 11 is 1.54. The summed E-state index contributed by atoms with van der Waals surface area (Å²) in [6.45, 7) is 0.617. The number of aromatic nitrogens is 2. The number of carboxylic acids is 1. The SMILES string of the molecule is CSCCC(N)C(=O)NC(CCCN=C(N)N)C(=O)NC(CCCCN)C(=O)NC(Cc1cnc[nH]1)C(=O)O. The number of rotatable bonds is 20. The number of carbonyl (C=O) groups is 4. The number of amides is 3. The normalized spacial score (nSPS) is 13.9. The zero-order chi connectivity index (χ0) is 29.2. The second-order valence-electron chi connectivity index (χ2n) is 8.92. The average Bonchev–Trinajstić information content (AvgIpc) is 3.40. The lowest BCUT2D eigenvalue weighted by molar-refractivity contribution is -0.142. The molecule has 0 aliphatic heterocycles. The van der Waals surface area contributed by atoms with E-state index in [4.69, 9.17) is 22.9 Å². The smallest absolute Gasteiger partial charge is 0.326 e. The number of aliphatic carboxylic acids is 1. The van der Waals surface area contributed by atoms with Crippen molar-refractivity contribution >= 4 is 41.4 Å². The highest BCUT2D eigenvalue weighted by Crippen LogP contribution is 2.07. The minimum atomic E-state index is -1.25. The summed E-state index contributed by atoms with van der Waals surface area (Å²) in [5.41, 5.74) is 22.8. The van der Waals surface area contributed by atoms with Gasteiger partial charge in [-0.3, -0.25) is 19.4 Å². The second kappa shape index (κ2) is 18.8. The quantitative estimate of drug-likeness (QED) is 0.0459. The van der Waals surface area contributed by atoms with E-state index in [1.54, 1.807) is 11.8 Å². The van der Waals surface area contributed by atoms with Gasteiger partial charge in [-0.15, -0.1) is 0 Å². The number of carbonyl (C=O) groups excluding carboxylic acids is 3. The van der Waals surface area contributed by atoms with Crippen molar-refractivity contribution in [3.8, 4) is 0 Å². The molecular formula is C23H42N10O5S. The average molecular weight is 571 g/mol. The Hall–Kier alpha value is -3.37. The Labute approximate surface area is 232 Å². The van der Waals surface area contributed by atoms with Crippen molar-refractivity contribution in [2.45, 2.75) is 69.1 Å². The van der Waals surface area contributed by atoms with Gasteiger partial charge in [0.2, 0.25) is 17.7 Å². The standard InChI is InChI=1S/C23H42N10O5S/c1-39-10-7-15(25)19(34)31-17(6-4-9-29-23(26)27)20(35)32-16(5-2-3-8-24)21(36)33-18(22(37)38)11-14-12-28-13-30-14/h12-13,15-18H,2-11,24-25H2,1H3,(H,28,30)(H,31,34)(H,32,35)(H,33,36)(H,37,38)(H4,26,27,29). The molecular weight excluding hydrogens is 528 g/mol. The van der Waals surface area contributed by atoms with Crippen LogP contribution in [0.5, 0.6) is 0 Å². The van der Waals surface area contributed by atoms with Crippen LogP contribution in [0.15, 0.2) is 17.5 Å². The van der Waals surface area contributed by atoms with Crippen LogP contribution in [-0.2, 0) is 25.6 Å². The number of carboxylic acid groups (broad SMARTS) is 1. The van der Waals surface area contributed by atoms with Crippen molar-refractivity contribution in [2.75, 3.05) is 25.1 Å². The van der Waals surface area contributed by atoms with Crippen LogP contribution < -0.4 is 38.9 Å². The molecule has 4 atom stereocenters. The molecule has 1 aromatic rings. The number of unbranched alkanes of at least 4 members (excludes halogenated alkanes) is 1.